The number of ketones is 1. The molecule has 2 rings (SSSR count). The first-order valence-electron chi connectivity index (χ1n) is 6.58. The number of hydrogen-bond donors (Lipinski definition) is 0. The van der Waals surface area contributed by atoms with E-state index in [0.717, 1.165) is 18.4 Å². The maximum atomic E-state index is 12.1. The Labute approximate surface area is 127 Å². The second kappa shape index (κ2) is 6.55. The van der Waals surface area contributed by atoms with Crippen molar-refractivity contribution in [3.05, 3.63) is 43.9 Å². The number of rotatable bonds is 4. The fourth-order valence-corrected chi connectivity index (χ4v) is 3.11. The van der Waals surface area contributed by atoms with Crippen LogP contribution in [-0.4, -0.2) is 17.3 Å². The van der Waals surface area contributed by atoms with Gasteiger partial charge in [0.15, 0.2) is 0 Å². The lowest BCUT2D eigenvalue weighted by Gasteiger charge is -2.27. The van der Waals surface area contributed by atoms with Crippen LogP contribution in [0.3, 0.4) is 0 Å². The van der Waals surface area contributed by atoms with E-state index in [2.05, 4.69) is 0 Å². The van der Waals surface area contributed by atoms with Gasteiger partial charge in [0.2, 0.25) is 6.54 Å². The van der Waals surface area contributed by atoms with Gasteiger partial charge >= 0.3 is 0 Å². The zero-order chi connectivity index (χ0) is 14.7. The van der Waals surface area contributed by atoms with Gasteiger partial charge in [-0.05, 0) is 30.5 Å². The van der Waals surface area contributed by atoms with Crippen molar-refractivity contribution in [2.75, 3.05) is 6.54 Å². The lowest BCUT2D eigenvalue weighted by Crippen LogP contribution is -2.30. The molecule has 0 saturated heterocycles. The summed E-state index contributed by atoms with van der Waals surface area (Å²) in [7, 11) is 0. The average Bonchev–Trinajstić information content (AvgIpc) is 2.40. The van der Waals surface area contributed by atoms with E-state index < -0.39 is 5.92 Å². The third kappa shape index (κ3) is 3.49. The number of hydrogen-bond acceptors (Lipinski definition) is 3. The van der Waals surface area contributed by atoms with Crippen LogP contribution < -0.4 is 0 Å². The van der Waals surface area contributed by atoms with Crippen molar-refractivity contribution in [3.63, 3.8) is 0 Å². The van der Waals surface area contributed by atoms with Crippen LogP contribution in [0.2, 0.25) is 10.0 Å². The SMILES string of the molecule is O=C1CCCCC1[C@@H](C[N+](=O)[O-])c1ccc(Cl)c(Cl)c1. The van der Waals surface area contributed by atoms with Crippen molar-refractivity contribution in [1.29, 1.82) is 0 Å². The lowest BCUT2D eigenvalue weighted by molar-refractivity contribution is -0.484. The summed E-state index contributed by atoms with van der Waals surface area (Å²) in [6.07, 6.45) is 3.03. The number of Topliss-reactive ketones (excluding diaryl/α,β-unsaturated/α-hetero) is 1. The fraction of sp³-hybridized carbons (Fsp3) is 0.500. The maximum absolute atomic E-state index is 12.1. The highest BCUT2D eigenvalue weighted by Crippen LogP contribution is 2.36. The molecule has 2 atom stereocenters. The molecule has 0 N–H and O–H groups in total. The lowest BCUT2D eigenvalue weighted by atomic mass is 9.76. The zero-order valence-electron chi connectivity index (χ0n) is 10.9. The average molecular weight is 316 g/mol. The van der Waals surface area contributed by atoms with Crippen molar-refractivity contribution >= 4 is 29.0 Å². The second-order valence-electron chi connectivity index (χ2n) is 5.11. The number of halogens is 2. The van der Waals surface area contributed by atoms with E-state index in [9.17, 15) is 14.9 Å². The molecular formula is C14H15Cl2NO3. The van der Waals surface area contributed by atoms with E-state index in [4.69, 9.17) is 23.2 Å². The maximum Gasteiger partial charge on any atom is 0.211 e. The quantitative estimate of drug-likeness (QED) is 0.620. The molecule has 108 valence electrons. The van der Waals surface area contributed by atoms with Gasteiger partial charge in [0, 0.05) is 17.3 Å². The molecule has 1 aromatic rings. The predicted octanol–water partition coefficient (Wildman–Crippen LogP) is 4.11. The smallest absolute Gasteiger partial charge is 0.211 e. The summed E-state index contributed by atoms with van der Waals surface area (Å²) in [5, 5.41) is 11.7. The number of nitro groups is 1. The number of carbonyl (C=O) groups is 1. The molecular weight excluding hydrogens is 301 g/mol. The molecule has 0 amide bonds. The molecule has 4 nitrogen and oxygen atoms in total. The number of carbonyl (C=O) groups excluding carboxylic acids is 1. The van der Waals surface area contributed by atoms with Gasteiger partial charge in [-0.25, -0.2) is 0 Å². The molecule has 1 aliphatic rings. The predicted molar refractivity (Wildman–Crippen MR) is 78.0 cm³/mol. The molecule has 1 aliphatic carbocycles. The Hall–Kier alpha value is -1.13. The van der Waals surface area contributed by atoms with Gasteiger partial charge in [-0.3, -0.25) is 14.9 Å². The van der Waals surface area contributed by atoms with Gasteiger partial charge in [0.25, 0.3) is 0 Å². The van der Waals surface area contributed by atoms with Gasteiger partial charge in [-0.2, -0.15) is 0 Å². The van der Waals surface area contributed by atoms with Crippen molar-refractivity contribution < 1.29 is 9.72 Å². The van der Waals surface area contributed by atoms with E-state index in [1.165, 1.54) is 0 Å². The molecule has 0 aliphatic heterocycles. The molecule has 1 fully saturated rings. The Bertz CT molecular complexity index is 533. The molecule has 6 heteroatoms. The van der Waals surface area contributed by atoms with Crippen molar-refractivity contribution in [2.24, 2.45) is 5.92 Å². The highest BCUT2D eigenvalue weighted by atomic mass is 35.5. The van der Waals surface area contributed by atoms with Crippen LogP contribution >= 0.6 is 23.2 Å². The zero-order valence-corrected chi connectivity index (χ0v) is 12.4. The van der Waals surface area contributed by atoms with E-state index in [-0.39, 0.29) is 23.2 Å². The first kappa shape index (κ1) is 15.3. The van der Waals surface area contributed by atoms with Crippen LogP contribution in [0.4, 0.5) is 0 Å². The largest absolute Gasteiger partial charge is 0.299 e. The van der Waals surface area contributed by atoms with Crippen LogP contribution in [0.1, 0.15) is 37.2 Å². The van der Waals surface area contributed by atoms with Crippen molar-refractivity contribution in [1.82, 2.24) is 0 Å². The van der Waals surface area contributed by atoms with Crippen LogP contribution in [0, 0.1) is 16.0 Å². The summed E-state index contributed by atoms with van der Waals surface area (Å²) in [6, 6.07) is 4.99. The Morgan fingerprint density at radius 2 is 2.05 bits per heavy atom. The second-order valence-corrected chi connectivity index (χ2v) is 5.93. The van der Waals surface area contributed by atoms with Crippen LogP contribution in [0.5, 0.6) is 0 Å². The summed E-state index contributed by atoms with van der Waals surface area (Å²) >= 11 is 11.9. The van der Waals surface area contributed by atoms with E-state index >= 15 is 0 Å². The normalized spacial score (nSPS) is 20.7. The Balaban J connectivity index is 2.32. The van der Waals surface area contributed by atoms with E-state index in [0.29, 0.717) is 22.9 Å². The van der Waals surface area contributed by atoms with E-state index in [1.807, 2.05) is 0 Å². The molecule has 0 heterocycles. The summed E-state index contributed by atoms with van der Waals surface area (Å²) in [5.74, 6) is -0.590. The summed E-state index contributed by atoms with van der Waals surface area (Å²) in [4.78, 5) is 22.6. The molecule has 1 aromatic carbocycles. The van der Waals surface area contributed by atoms with E-state index in [1.54, 1.807) is 18.2 Å². The first-order chi connectivity index (χ1) is 9.49. The highest BCUT2D eigenvalue weighted by Gasteiger charge is 2.34. The monoisotopic (exact) mass is 315 g/mol. The molecule has 0 radical (unpaired) electrons. The van der Waals surface area contributed by atoms with Crippen LogP contribution in [-0.2, 0) is 4.79 Å². The minimum atomic E-state index is -0.424. The fourth-order valence-electron chi connectivity index (χ4n) is 2.80. The van der Waals surface area contributed by atoms with Crippen molar-refractivity contribution in [2.45, 2.75) is 31.6 Å². The summed E-state index contributed by atoms with van der Waals surface area (Å²) in [5.41, 5.74) is 0.719. The molecule has 20 heavy (non-hydrogen) atoms. The van der Waals surface area contributed by atoms with Gasteiger partial charge in [-0.1, -0.05) is 35.7 Å². The van der Waals surface area contributed by atoms with Gasteiger partial charge in [0.1, 0.15) is 5.78 Å². The highest BCUT2D eigenvalue weighted by molar-refractivity contribution is 6.42. The molecule has 0 spiro atoms. The molecule has 1 saturated carbocycles. The molecule has 0 aromatic heterocycles. The topological polar surface area (TPSA) is 60.2 Å². The first-order valence-corrected chi connectivity index (χ1v) is 7.34. The molecule has 1 unspecified atom stereocenters. The van der Waals surface area contributed by atoms with Gasteiger partial charge in [0.05, 0.1) is 16.0 Å². The summed E-state index contributed by atoms with van der Waals surface area (Å²) in [6.45, 7) is -0.256. The van der Waals surface area contributed by atoms with Crippen molar-refractivity contribution in [3.8, 4) is 0 Å². The third-order valence-electron chi connectivity index (χ3n) is 3.81. The standard InChI is InChI=1S/C14H15Cl2NO3/c15-12-6-5-9(7-13(12)16)11(8-17(19)20)10-3-1-2-4-14(10)18/h5-7,10-11H,1-4,8H2/t10?,11-/m0/s1. The third-order valence-corrected chi connectivity index (χ3v) is 4.54. The number of benzene rings is 1. The minimum Gasteiger partial charge on any atom is -0.299 e. The molecule has 0 bridgehead atoms. The number of nitrogens with zero attached hydrogens (tertiary/aromatic N) is 1. The van der Waals surface area contributed by atoms with Crippen LogP contribution in [0.25, 0.3) is 0 Å². The Morgan fingerprint density at radius 1 is 1.30 bits per heavy atom. The van der Waals surface area contributed by atoms with Gasteiger partial charge < -0.3 is 0 Å². The minimum absolute atomic E-state index is 0.120. The van der Waals surface area contributed by atoms with Gasteiger partial charge in [-0.15, -0.1) is 0 Å². The van der Waals surface area contributed by atoms with Crippen LogP contribution in [0.15, 0.2) is 18.2 Å². The Morgan fingerprint density at radius 3 is 2.65 bits per heavy atom. The Kier molecular flexibility index (Phi) is 5.00. The summed E-state index contributed by atoms with van der Waals surface area (Å²) < 4.78 is 0.